The Bertz CT molecular complexity index is 367. The zero-order valence-corrected chi connectivity index (χ0v) is 24.0. The summed E-state index contributed by atoms with van der Waals surface area (Å²) in [4.78, 5) is 0. The van der Waals surface area contributed by atoms with Crippen molar-refractivity contribution >= 4 is 40.4 Å². The van der Waals surface area contributed by atoms with E-state index in [1.54, 1.807) is 0 Å². The molecule has 0 aromatic heterocycles. The lowest BCUT2D eigenvalue weighted by atomic mass is 10.2. The van der Waals surface area contributed by atoms with Gasteiger partial charge in [0, 0.05) is 12.1 Å². The molecular formula is C20H45ClP4. The van der Waals surface area contributed by atoms with Crippen molar-refractivity contribution in [2.45, 2.75) is 130 Å². The molecule has 152 valence electrons. The Morgan fingerprint density at radius 1 is 0.400 bits per heavy atom. The molecule has 0 nitrogen and oxygen atoms in total. The SMILES string of the molecule is CC(C)(C)P(Cl)P(P(C(C)(C)C)C(C)(C)C)P(C(C)(C)C)C(C)(C)C. The highest BCUT2D eigenvalue weighted by Crippen LogP contribution is 3.09. The van der Waals surface area contributed by atoms with Gasteiger partial charge in [0.2, 0.25) is 0 Å². The standard InChI is InChI=1S/C20H45ClP4/c1-16(2,3)22(17(4,5)6)25(24(21)20(13,14)15)23(18(7,8)9)19(10,11)12/h1-15H3. The second-order valence-corrected chi connectivity index (χ2v) is 32.8. The zero-order valence-electron chi connectivity index (χ0n) is 19.7. The molecule has 0 aliphatic carbocycles. The third-order valence-electron chi connectivity index (χ3n) is 3.61. The summed E-state index contributed by atoms with van der Waals surface area (Å²) >= 11 is 7.46. The molecule has 0 saturated heterocycles. The van der Waals surface area contributed by atoms with E-state index in [0.29, 0.717) is 20.6 Å². The molecule has 5 heteroatoms. The topological polar surface area (TPSA) is 0 Å². The summed E-state index contributed by atoms with van der Waals surface area (Å²) in [6.07, 6.45) is 0. The lowest BCUT2D eigenvalue weighted by Gasteiger charge is -2.57. The van der Waals surface area contributed by atoms with Crippen LogP contribution in [-0.2, 0) is 0 Å². The van der Waals surface area contributed by atoms with Crippen molar-refractivity contribution in [3.63, 3.8) is 0 Å². The Hall–Kier alpha value is 2.01. The van der Waals surface area contributed by atoms with Gasteiger partial charge in [0.15, 0.2) is 0 Å². The van der Waals surface area contributed by atoms with Crippen LogP contribution < -0.4 is 0 Å². The van der Waals surface area contributed by atoms with Crippen molar-refractivity contribution in [2.24, 2.45) is 0 Å². The molecular weight excluding hydrogens is 400 g/mol. The highest BCUT2D eigenvalue weighted by atomic mass is 35.7. The molecule has 0 aliphatic rings. The molecule has 0 heterocycles. The predicted octanol–water partition coefficient (Wildman–Crippen LogP) is 10.8. The molecule has 0 spiro atoms. The van der Waals surface area contributed by atoms with Gasteiger partial charge in [-0.3, -0.25) is 0 Å². The van der Waals surface area contributed by atoms with Crippen LogP contribution in [0.3, 0.4) is 0 Å². The molecule has 25 heavy (non-hydrogen) atoms. The van der Waals surface area contributed by atoms with E-state index >= 15 is 0 Å². The van der Waals surface area contributed by atoms with Crippen LogP contribution in [0.15, 0.2) is 0 Å². The third-order valence-corrected chi connectivity index (χ3v) is 37.4. The van der Waals surface area contributed by atoms with E-state index in [4.69, 9.17) is 11.2 Å². The fourth-order valence-electron chi connectivity index (χ4n) is 3.60. The van der Waals surface area contributed by atoms with Crippen LogP contribution in [0.2, 0.25) is 0 Å². The van der Waals surface area contributed by atoms with Gasteiger partial charge in [-0.2, -0.15) is 0 Å². The number of hydrogen-bond acceptors (Lipinski definition) is 0. The van der Waals surface area contributed by atoms with Crippen LogP contribution in [0.25, 0.3) is 0 Å². The second kappa shape index (κ2) is 8.40. The molecule has 0 aromatic carbocycles. The van der Waals surface area contributed by atoms with Crippen molar-refractivity contribution < 1.29 is 0 Å². The van der Waals surface area contributed by atoms with Crippen LogP contribution in [0.5, 0.6) is 0 Å². The Kier molecular flexibility index (Phi) is 9.08. The predicted molar refractivity (Wildman–Crippen MR) is 132 cm³/mol. The van der Waals surface area contributed by atoms with Crippen molar-refractivity contribution in [2.75, 3.05) is 0 Å². The van der Waals surface area contributed by atoms with Gasteiger partial charge in [0.25, 0.3) is 0 Å². The maximum Gasteiger partial charge on any atom is 0.0293 e. The minimum absolute atomic E-state index is 0.187. The molecule has 0 fully saturated rings. The number of rotatable bonds is 3. The largest absolute Gasteiger partial charge is 0.0900 e. The van der Waals surface area contributed by atoms with Crippen LogP contribution in [-0.4, -0.2) is 25.8 Å². The van der Waals surface area contributed by atoms with Crippen molar-refractivity contribution in [3.05, 3.63) is 0 Å². The fraction of sp³-hybridized carbons (Fsp3) is 1.00. The maximum absolute atomic E-state index is 7.46. The number of hydrogen-bond donors (Lipinski definition) is 0. The quantitative estimate of drug-likeness (QED) is 0.379. The van der Waals surface area contributed by atoms with E-state index in [1.165, 1.54) is 0 Å². The van der Waals surface area contributed by atoms with Gasteiger partial charge >= 0.3 is 0 Å². The summed E-state index contributed by atoms with van der Waals surface area (Å²) in [7, 11) is -0.375. The minimum Gasteiger partial charge on any atom is -0.0900 e. The first-order valence-corrected chi connectivity index (χ1v) is 17.8. The smallest absolute Gasteiger partial charge is 0.0293 e. The van der Waals surface area contributed by atoms with Gasteiger partial charge in [-0.05, 0) is 27.6 Å². The Morgan fingerprint density at radius 3 is 0.720 bits per heavy atom. The molecule has 0 aromatic rings. The first-order chi connectivity index (χ1) is 10.5. The van der Waals surface area contributed by atoms with Gasteiger partial charge in [-0.15, -0.1) is 0 Å². The summed E-state index contributed by atoms with van der Waals surface area (Å²) in [5.74, 6) is 0. The second-order valence-electron chi connectivity index (χ2n) is 12.0. The Morgan fingerprint density at radius 2 is 0.600 bits per heavy atom. The minimum atomic E-state index is -0.526. The van der Waals surface area contributed by atoms with Crippen LogP contribution in [0.1, 0.15) is 104 Å². The number of halogens is 1. The van der Waals surface area contributed by atoms with E-state index in [1.807, 2.05) is 0 Å². The van der Waals surface area contributed by atoms with Crippen LogP contribution in [0.4, 0.5) is 0 Å². The zero-order chi connectivity index (χ0) is 20.8. The molecule has 0 radical (unpaired) electrons. The molecule has 0 amide bonds. The molecule has 0 N–H and O–H groups in total. The fourth-order valence-corrected chi connectivity index (χ4v) is 52.6. The Balaban J connectivity index is 6.73. The molecule has 1 atom stereocenters. The van der Waals surface area contributed by atoms with E-state index in [2.05, 4.69) is 104 Å². The molecule has 0 saturated carbocycles. The van der Waals surface area contributed by atoms with Crippen molar-refractivity contribution in [1.29, 1.82) is 0 Å². The lowest BCUT2D eigenvalue weighted by Crippen LogP contribution is -2.28. The monoisotopic (exact) mass is 444 g/mol. The summed E-state index contributed by atoms with van der Waals surface area (Å²) in [6, 6.07) is 0. The van der Waals surface area contributed by atoms with Gasteiger partial charge in [0.05, 0.1) is 0 Å². The lowest BCUT2D eigenvalue weighted by molar-refractivity contribution is 0.716. The van der Waals surface area contributed by atoms with E-state index in [0.717, 1.165) is 0 Å². The summed E-state index contributed by atoms with van der Waals surface area (Å²) in [6.45, 7) is 36.0. The van der Waals surface area contributed by atoms with Gasteiger partial charge in [0.1, 0.15) is 0 Å². The maximum atomic E-state index is 7.46. The van der Waals surface area contributed by atoms with Gasteiger partial charge < -0.3 is 0 Å². The van der Waals surface area contributed by atoms with Crippen LogP contribution >= 0.6 is 40.4 Å². The Labute approximate surface area is 169 Å². The van der Waals surface area contributed by atoms with Crippen LogP contribution in [0, 0.1) is 0 Å². The first kappa shape index (κ1) is 27.0. The normalized spacial score (nSPS) is 16.9. The first-order valence-electron chi connectivity index (χ1n) is 9.39. The average Bonchev–Trinajstić information content (AvgIpc) is 2.17. The van der Waals surface area contributed by atoms with E-state index in [9.17, 15) is 0 Å². The summed E-state index contributed by atoms with van der Waals surface area (Å²) < 4.78 is 0. The van der Waals surface area contributed by atoms with Crippen molar-refractivity contribution in [1.82, 2.24) is 0 Å². The van der Waals surface area contributed by atoms with Gasteiger partial charge in [-0.25, -0.2) is 0 Å². The molecule has 0 bridgehead atoms. The molecule has 0 rings (SSSR count). The highest BCUT2D eigenvalue weighted by Gasteiger charge is 2.53. The highest BCUT2D eigenvalue weighted by molar-refractivity contribution is 8.87. The summed E-state index contributed by atoms with van der Waals surface area (Å²) in [5, 5.41) is 1.53. The summed E-state index contributed by atoms with van der Waals surface area (Å²) in [5.41, 5.74) is 0. The average molecular weight is 445 g/mol. The van der Waals surface area contributed by atoms with E-state index in [-0.39, 0.29) is 27.4 Å². The van der Waals surface area contributed by atoms with E-state index < -0.39 is 6.96 Å². The van der Waals surface area contributed by atoms with Gasteiger partial charge in [-0.1, -0.05) is 130 Å². The van der Waals surface area contributed by atoms with Crippen molar-refractivity contribution in [3.8, 4) is 0 Å². The third kappa shape index (κ3) is 7.74. The molecule has 1 unspecified atom stereocenters. The molecule has 0 aliphatic heterocycles.